The highest BCUT2D eigenvalue weighted by Gasteiger charge is 2.23. The minimum absolute atomic E-state index is 1.04. The van der Waals surface area contributed by atoms with Crippen LogP contribution in [0.4, 0.5) is 28.4 Å². The third-order valence-electron chi connectivity index (χ3n) is 14.2. The number of hydrogen-bond acceptors (Lipinski definition) is 2. The maximum absolute atomic E-state index is 3.79. The molecule has 0 aliphatic carbocycles. The second-order valence-corrected chi connectivity index (χ2v) is 18.5. The van der Waals surface area contributed by atoms with Crippen LogP contribution in [0.2, 0.25) is 0 Å². The van der Waals surface area contributed by atoms with Crippen molar-refractivity contribution in [3.63, 3.8) is 0 Å². The molecule has 0 spiro atoms. The van der Waals surface area contributed by atoms with Crippen LogP contribution in [-0.4, -0.2) is 0 Å². The molecule has 2 heteroatoms. The third-order valence-corrected chi connectivity index (χ3v) is 14.2. The molecule has 0 unspecified atom stereocenters. The molecular weight excluding hydrogens is 869 g/mol. The van der Waals surface area contributed by atoms with Crippen LogP contribution in [0.15, 0.2) is 285 Å². The minimum atomic E-state index is 1.04. The molecule has 0 saturated heterocycles. The van der Waals surface area contributed by atoms with Crippen molar-refractivity contribution in [2.24, 2.45) is 0 Å². The Morgan fingerprint density at radius 2 is 0.750 bits per heavy atom. The van der Waals surface area contributed by atoms with Crippen LogP contribution >= 0.6 is 0 Å². The first-order chi connectivity index (χ1) is 35.7. The Balaban J connectivity index is 1.03. The molecule has 0 heterocycles. The van der Waals surface area contributed by atoms with Gasteiger partial charge in [0.1, 0.15) is 0 Å². The minimum Gasteiger partial charge on any atom is -0.355 e. The van der Waals surface area contributed by atoms with Gasteiger partial charge in [-0.2, -0.15) is 0 Å². The second-order valence-electron chi connectivity index (χ2n) is 18.5. The lowest BCUT2D eigenvalue weighted by molar-refractivity contribution is 1.29. The first-order valence-corrected chi connectivity index (χ1v) is 24.7. The van der Waals surface area contributed by atoms with Gasteiger partial charge >= 0.3 is 0 Å². The van der Waals surface area contributed by atoms with Crippen molar-refractivity contribution in [2.45, 2.75) is 0 Å². The summed E-state index contributed by atoms with van der Waals surface area (Å²) in [5.74, 6) is 0. The van der Waals surface area contributed by atoms with Gasteiger partial charge in [0.2, 0.25) is 0 Å². The van der Waals surface area contributed by atoms with Crippen molar-refractivity contribution in [3.05, 3.63) is 285 Å². The summed E-state index contributed by atoms with van der Waals surface area (Å²) >= 11 is 0. The summed E-state index contributed by atoms with van der Waals surface area (Å²) in [6.07, 6.45) is 0. The van der Waals surface area contributed by atoms with Crippen LogP contribution in [0.3, 0.4) is 0 Å². The van der Waals surface area contributed by atoms with E-state index >= 15 is 0 Å². The predicted octanol–water partition coefficient (Wildman–Crippen LogP) is 19.8. The highest BCUT2D eigenvalue weighted by atomic mass is 15.1. The van der Waals surface area contributed by atoms with E-state index in [0.29, 0.717) is 0 Å². The number of fused-ring (bicyclic) bond motifs is 6. The van der Waals surface area contributed by atoms with Gasteiger partial charge in [-0.1, -0.05) is 231 Å². The lowest BCUT2D eigenvalue weighted by Gasteiger charge is -2.29. The molecule has 338 valence electrons. The molecule has 0 aromatic heterocycles. The maximum atomic E-state index is 3.79. The highest BCUT2D eigenvalue weighted by molar-refractivity contribution is 6.22. The lowest BCUT2D eigenvalue weighted by atomic mass is 9.84. The Labute approximate surface area is 420 Å². The van der Waals surface area contributed by atoms with Gasteiger partial charge in [0.05, 0.1) is 5.69 Å². The van der Waals surface area contributed by atoms with E-state index in [4.69, 9.17) is 0 Å². The van der Waals surface area contributed by atoms with Crippen LogP contribution in [0.25, 0.3) is 98.7 Å². The smallest absolute Gasteiger partial charge is 0.0540 e. The predicted molar refractivity (Wildman–Crippen MR) is 308 cm³/mol. The maximum Gasteiger partial charge on any atom is 0.0540 e. The third kappa shape index (κ3) is 7.73. The van der Waals surface area contributed by atoms with Gasteiger partial charge in [-0.05, 0) is 142 Å². The first kappa shape index (κ1) is 42.6. The van der Waals surface area contributed by atoms with Crippen LogP contribution in [0.5, 0.6) is 0 Å². The first-order valence-electron chi connectivity index (χ1n) is 24.7. The van der Waals surface area contributed by atoms with Crippen molar-refractivity contribution in [1.82, 2.24) is 0 Å². The quantitative estimate of drug-likeness (QED) is 0.138. The topological polar surface area (TPSA) is 15.3 Å². The van der Waals surface area contributed by atoms with Crippen LogP contribution < -0.4 is 10.2 Å². The molecule has 0 aliphatic rings. The van der Waals surface area contributed by atoms with Crippen molar-refractivity contribution in [2.75, 3.05) is 10.2 Å². The highest BCUT2D eigenvalue weighted by Crippen LogP contribution is 2.49. The molecule has 0 atom stereocenters. The summed E-state index contributed by atoms with van der Waals surface area (Å²) in [5.41, 5.74) is 17.0. The van der Waals surface area contributed by atoms with Gasteiger partial charge in [-0.3, -0.25) is 0 Å². The molecule has 72 heavy (non-hydrogen) atoms. The molecule has 2 nitrogen and oxygen atoms in total. The van der Waals surface area contributed by atoms with Crippen LogP contribution in [-0.2, 0) is 0 Å². The number of benzene rings is 13. The Kier molecular flexibility index (Phi) is 10.9. The normalized spacial score (nSPS) is 11.3. The summed E-state index contributed by atoms with van der Waals surface area (Å²) in [7, 11) is 0. The monoisotopic (exact) mass is 916 g/mol. The molecule has 0 saturated carbocycles. The molecular formula is C70H48N2. The summed E-state index contributed by atoms with van der Waals surface area (Å²) in [6, 6.07) is 104. The summed E-state index contributed by atoms with van der Waals surface area (Å²) in [5, 5.41) is 13.7. The standard InChI is InChI=1S/C70H48N2/c1-5-22-49(23-6-1)68-64(36-20-37-66(68)71-55-29-11-4-12-30-55)62-34-17-18-38-67(62)72(57-42-44-59-54(46-57)40-39-48-21-13-14-32-58(48)59)56-31-19-28-52(45-56)53-41-43-61-60-33-15-16-35-63(60)69(50-24-7-2-8-25-50)70(65(61)47-53)51-26-9-3-10-27-51/h1-47,71H. The Bertz CT molecular complexity index is 4110. The fourth-order valence-electron chi connectivity index (χ4n) is 10.9. The number of nitrogens with zero attached hydrogens (tertiary/aromatic N) is 1. The van der Waals surface area contributed by atoms with E-state index in [-0.39, 0.29) is 0 Å². The average Bonchev–Trinajstić information content (AvgIpc) is 3.46. The largest absolute Gasteiger partial charge is 0.355 e. The number of hydrogen-bond donors (Lipinski definition) is 1. The van der Waals surface area contributed by atoms with E-state index in [1.807, 2.05) is 0 Å². The molecule has 0 bridgehead atoms. The Hall–Kier alpha value is -9.50. The molecule has 0 amide bonds. The van der Waals surface area contributed by atoms with E-state index < -0.39 is 0 Å². The zero-order valence-electron chi connectivity index (χ0n) is 39.6. The fourth-order valence-corrected chi connectivity index (χ4v) is 10.9. The van der Waals surface area contributed by atoms with Crippen molar-refractivity contribution in [3.8, 4) is 55.6 Å². The fraction of sp³-hybridized carbons (Fsp3) is 0. The number of nitrogens with one attached hydrogen (secondary N) is 1. The van der Waals surface area contributed by atoms with E-state index in [1.54, 1.807) is 0 Å². The zero-order valence-corrected chi connectivity index (χ0v) is 39.6. The number of anilines is 5. The Morgan fingerprint density at radius 3 is 1.50 bits per heavy atom. The average molecular weight is 917 g/mol. The lowest BCUT2D eigenvalue weighted by Crippen LogP contribution is -2.11. The van der Waals surface area contributed by atoms with E-state index in [1.165, 1.54) is 65.3 Å². The van der Waals surface area contributed by atoms with E-state index in [2.05, 4.69) is 295 Å². The van der Waals surface area contributed by atoms with Crippen molar-refractivity contribution < 1.29 is 0 Å². The van der Waals surface area contributed by atoms with Gasteiger partial charge in [0.15, 0.2) is 0 Å². The second kappa shape index (κ2) is 18.4. The molecule has 0 radical (unpaired) electrons. The van der Waals surface area contributed by atoms with Gasteiger partial charge in [0, 0.05) is 33.9 Å². The molecule has 1 N–H and O–H groups in total. The van der Waals surface area contributed by atoms with E-state index in [9.17, 15) is 0 Å². The molecule has 13 rings (SSSR count). The summed E-state index contributed by atoms with van der Waals surface area (Å²) in [6.45, 7) is 0. The molecule has 13 aromatic rings. The molecule has 13 aromatic carbocycles. The zero-order chi connectivity index (χ0) is 47.8. The Morgan fingerprint density at radius 1 is 0.250 bits per heavy atom. The van der Waals surface area contributed by atoms with E-state index in [0.717, 1.165) is 61.8 Å². The SMILES string of the molecule is c1ccc(Nc2cccc(-c3ccccc3N(c3cccc(-c4ccc5c(c4)c(-c4ccccc4)c(-c4ccccc4)c4ccccc45)c3)c3ccc4c(ccc5ccccc54)c3)c2-c2ccccc2)cc1. The van der Waals surface area contributed by atoms with Crippen LogP contribution in [0.1, 0.15) is 0 Å². The van der Waals surface area contributed by atoms with Gasteiger partial charge in [-0.25, -0.2) is 0 Å². The van der Waals surface area contributed by atoms with Gasteiger partial charge in [-0.15, -0.1) is 0 Å². The molecule has 0 aliphatic heterocycles. The van der Waals surface area contributed by atoms with Crippen molar-refractivity contribution >= 4 is 71.5 Å². The van der Waals surface area contributed by atoms with Gasteiger partial charge < -0.3 is 10.2 Å². The van der Waals surface area contributed by atoms with Crippen LogP contribution in [0, 0.1) is 0 Å². The summed E-state index contributed by atoms with van der Waals surface area (Å²) in [4.78, 5) is 2.46. The molecule has 0 fully saturated rings. The van der Waals surface area contributed by atoms with Crippen molar-refractivity contribution in [1.29, 1.82) is 0 Å². The number of rotatable bonds is 10. The number of para-hydroxylation sites is 2. The summed E-state index contributed by atoms with van der Waals surface area (Å²) < 4.78 is 0. The van der Waals surface area contributed by atoms with Gasteiger partial charge in [0.25, 0.3) is 0 Å².